The molecule has 2 atom stereocenters. The van der Waals surface area contributed by atoms with Crippen molar-refractivity contribution in [1.82, 2.24) is 9.97 Å². The first-order valence-electron chi connectivity index (χ1n) is 17.3. The predicted octanol–water partition coefficient (Wildman–Crippen LogP) is 11.8. The number of para-hydroxylation sites is 1. The molecule has 8 heteroatoms. The van der Waals surface area contributed by atoms with E-state index in [4.69, 9.17) is 21.6 Å². The van der Waals surface area contributed by atoms with Gasteiger partial charge in [-0.15, -0.1) is 37.2 Å². The predicted molar refractivity (Wildman–Crippen MR) is 209 cm³/mol. The first kappa shape index (κ1) is 37.6. The number of aromatic nitrogens is 2. The fraction of sp³-hybridized carbons (Fsp3) is 0.487. The average Bonchev–Trinajstić information content (AvgIpc) is 3.02. The molecule has 0 aliphatic heterocycles. The molecule has 4 nitrogen and oxygen atoms in total. The van der Waals surface area contributed by atoms with Crippen molar-refractivity contribution in [3.05, 3.63) is 81.7 Å². The van der Waals surface area contributed by atoms with Crippen LogP contribution in [0.3, 0.4) is 0 Å². The van der Waals surface area contributed by atoms with Crippen molar-refractivity contribution in [3.63, 3.8) is 0 Å². The minimum atomic E-state index is 0. The van der Waals surface area contributed by atoms with Gasteiger partial charge in [-0.2, -0.15) is 0 Å². The van der Waals surface area contributed by atoms with Crippen molar-refractivity contribution in [2.75, 3.05) is 23.7 Å². The Labute approximate surface area is 304 Å². The molecule has 254 valence electrons. The first-order valence-corrected chi connectivity index (χ1v) is 17.7. The highest BCUT2D eigenvalue weighted by atomic mass is 35.5. The van der Waals surface area contributed by atoms with Gasteiger partial charge in [0.05, 0.1) is 11.0 Å². The van der Waals surface area contributed by atoms with Gasteiger partial charge in [-0.25, -0.2) is 0 Å². The van der Waals surface area contributed by atoms with Gasteiger partial charge in [0, 0.05) is 57.2 Å². The van der Waals surface area contributed by atoms with Crippen LogP contribution in [0, 0.1) is 5.92 Å². The number of unbranched alkanes of at least 4 members (excludes halogenated alkanes) is 6. The third-order valence-corrected chi connectivity index (χ3v) is 10.5. The summed E-state index contributed by atoms with van der Waals surface area (Å²) in [6, 6.07) is 14.9. The summed E-state index contributed by atoms with van der Waals surface area (Å²) in [4.78, 5) is 10.1. The number of nitrogens with one attached hydrogen (secondary N) is 2. The lowest BCUT2D eigenvalue weighted by atomic mass is 9.71. The average molecular weight is 717 g/mol. The van der Waals surface area contributed by atoms with Crippen LogP contribution in [0.4, 0.5) is 11.4 Å². The molecule has 2 aromatic carbocycles. The second-order valence-electron chi connectivity index (χ2n) is 13.6. The van der Waals surface area contributed by atoms with Crippen molar-refractivity contribution in [3.8, 4) is 0 Å². The Morgan fingerprint density at radius 1 is 0.723 bits per heavy atom. The summed E-state index contributed by atoms with van der Waals surface area (Å²) in [6.07, 6.45) is 19.8. The van der Waals surface area contributed by atoms with Gasteiger partial charge in [0.2, 0.25) is 0 Å². The Balaban J connectivity index is 0.00000167. The molecule has 7 rings (SSSR count). The van der Waals surface area contributed by atoms with Crippen LogP contribution in [-0.4, -0.2) is 23.1 Å². The fourth-order valence-electron chi connectivity index (χ4n) is 8.21. The Bertz CT molecular complexity index is 1690. The summed E-state index contributed by atoms with van der Waals surface area (Å²) in [5.74, 6) is 1.22. The smallest absolute Gasteiger partial charge is 0.0741 e. The van der Waals surface area contributed by atoms with Gasteiger partial charge in [-0.3, -0.25) is 9.97 Å². The SMILES string of the molecule is CC1=CC2Cc3nc4cc(Cl)ccc4c(NCCCCCCCCCNc4c5c(nc6ccccc46)CCCC5)c3C(C1)C2.Cl.Cl.Cl. The standard InChI is InChI=1S/C39H47ClN4.3ClH/c1-26-21-27-23-28(22-26)37-36(24-27)44-35-25-29(40)17-18-32(35)39(37)42-20-12-6-4-2-3-5-11-19-41-38-30-13-7-9-15-33(30)43-34-16-10-8-14-31(34)38;;;/h7,9,13,15,17-18,21,25,27-28H,2-6,8,10-12,14,16,19-20,22-24H2,1H3,(H,41,43)(H,42,44);3*1H. The monoisotopic (exact) mass is 714 g/mol. The number of benzene rings is 2. The van der Waals surface area contributed by atoms with E-state index in [0.717, 1.165) is 54.8 Å². The van der Waals surface area contributed by atoms with Crippen molar-refractivity contribution in [2.24, 2.45) is 5.92 Å². The summed E-state index contributed by atoms with van der Waals surface area (Å²) >= 11 is 6.38. The van der Waals surface area contributed by atoms with Crippen molar-refractivity contribution < 1.29 is 0 Å². The molecule has 4 aromatic rings. The molecule has 2 heterocycles. The summed E-state index contributed by atoms with van der Waals surface area (Å²) < 4.78 is 0. The van der Waals surface area contributed by atoms with E-state index in [1.165, 1.54) is 109 Å². The summed E-state index contributed by atoms with van der Waals surface area (Å²) in [5, 5.41) is 11.0. The largest absolute Gasteiger partial charge is 0.384 e. The second-order valence-corrected chi connectivity index (χ2v) is 14.0. The molecule has 0 amide bonds. The van der Waals surface area contributed by atoms with Crippen LogP contribution in [0.1, 0.15) is 106 Å². The maximum absolute atomic E-state index is 6.38. The number of hydrogen-bond acceptors (Lipinski definition) is 4. The topological polar surface area (TPSA) is 49.8 Å². The Morgan fingerprint density at radius 3 is 2.17 bits per heavy atom. The Morgan fingerprint density at radius 2 is 1.38 bits per heavy atom. The molecule has 0 fully saturated rings. The normalized spacial score (nSPS) is 17.8. The van der Waals surface area contributed by atoms with Crippen molar-refractivity contribution >= 4 is 82.0 Å². The quantitative estimate of drug-likeness (QED) is 0.113. The van der Waals surface area contributed by atoms with E-state index >= 15 is 0 Å². The van der Waals surface area contributed by atoms with E-state index in [9.17, 15) is 0 Å². The maximum atomic E-state index is 6.38. The molecule has 0 radical (unpaired) electrons. The van der Waals surface area contributed by atoms with E-state index in [-0.39, 0.29) is 37.2 Å². The van der Waals surface area contributed by atoms with Crippen LogP contribution in [0.15, 0.2) is 54.1 Å². The number of nitrogens with zero attached hydrogens (tertiary/aromatic N) is 2. The Hall–Kier alpha value is -2.24. The lowest BCUT2D eigenvalue weighted by Gasteiger charge is -2.36. The van der Waals surface area contributed by atoms with Crippen LogP contribution >= 0.6 is 48.8 Å². The minimum Gasteiger partial charge on any atom is -0.384 e. The maximum Gasteiger partial charge on any atom is 0.0741 e. The van der Waals surface area contributed by atoms with E-state index in [0.29, 0.717) is 11.8 Å². The van der Waals surface area contributed by atoms with Crippen LogP contribution in [0.25, 0.3) is 21.8 Å². The number of aryl methyl sites for hydroxylation is 1. The highest BCUT2D eigenvalue weighted by molar-refractivity contribution is 6.31. The minimum absolute atomic E-state index is 0. The summed E-state index contributed by atoms with van der Waals surface area (Å²) in [5.41, 5.74) is 12.0. The number of halogens is 4. The molecule has 3 aliphatic carbocycles. The highest BCUT2D eigenvalue weighted by Gasteiger charge is 2.33. The molecular formula is C39H50Cl4N4. The second kappa shape index (κ2) is 17.4. The lowest BCUT2D eigenvalue weighted by molar-refractivity contribution is 0.433. The molecule has 2 aromatic heterocycles. The Kier molecular flexibility index (Phi) is 13.9. The molecule has 2 N–H and O–H groups in total. The number of fused-ring (bicyclic) bond motifs is 7. The van der Waals surface area contributed by atoms with Crippen LogP contribution in [-0.2, 0) is 19.3 Å². The zero-order valence-electron chi connectivity index (χ0n) is 27.6. The fourth-order valence-corrected chi connectivity index (χ4v) is 8.38. The van der Waals surface area contributed by atoms with Crippen molar-refractivity contribution in [2.45, 2.75) is 103 Å². The van der Waals surface area contributed by atoms with E-state index in [1.807, 2.05) is 12.1 Å². The number of hydrogen-bond donors (Lipinski definition) is 2. The molecule has 0 spiro atoms. The molecule has 3 aliphatic rings. The first-order chi connectivity index (χ1) is 21.6. The third-order valence-electron chi connectivity index (χ3n) is 10.2. The number of allylic oxidation sites excluding steroid dienone is 2. The van der Waals surface area contributed by atoms with E-state index < -0.39 is 0 Å². The van der Waals surface area contributed by atoms with E-state index in [1.54, 1.807) is 5.57 Å². The van der Waals surface area contributed by atoms with Gasteiger partial charge in [0.1, 0.15) is 0 Å². The molecule has 0 saturated heterocycles. The van der Waals surface area contributed by atoms with Gasteiger partial charge >= 0.3 is 0 Å². The number of rotatable bonds is 12. The van der Waals surface area contributed by atoms with Crippen molar-refractivity contribution in [1.29, 1.82) is 0 Å². The molecule has 0 saturated carbocycles. The van der Waals surface area contributed by atoms with Gasteiger partial charge in [-0.1, -0.05) is 73.6 Å². The third kappa shape index (κ3) is 8.50. The highest BCUT2D eigenvalue weighted by Crippen LogP contribution is 2.47. The molecule has 2 bridgehead atoms. The molecular weight excluding hydrogens is 666 g/mol. The van der Waals surface area contributed by atoms with Crippen LogP contribution < -0.4 is 10.6 Å². The zero-order valence-corrected chi connectivity index (χ0v) is 30.8. The van der Waals surface area contributed by atoms with Gasteiger partial charge in [-0.05, 0) is 106 Å². The number of anilines is 2. The van der Waals surface area contributed by atoms with Crippen LogP contribution in [0.5, 0.6) is 0 Å². The van der Waals surface area contributed by atoms with Crippen LogP contribution in [0.2, 0.25) is 5.02 Å². The summed E-state index contributed by atoms with van der Waals surface area (Å²) in [6.45, 7) is 4.38. The molecule has 2 unspecified atom stereocenters. The summed E-state index contributed by atoms with van der Waals surface area (Å²) in [7, 11) is 0. The zero-order chi connectivity index (χ0) is 29.9. The van der Waals surface area contributed by atoms with E-state index in [2.05, 4.69) is 54.0 Å². The van der Waals surface area contributed by atoms with Gasteiger partial charge < -0.3 is 10.6 Å². The lowest BCUT2D eigenvalue weighted by Crippen LogP contribution is -2.24. The molecule has 47 heavy (non-hydrogen) atoms. The van der Waals surface area contributed by atoms with Gasteiger partial charge in [0.15, 0.2) is 0 Å². The van der Waals surface area contributed by atoms with Gasteiger partial charge in [0.25, 0.3) is 0 Å². The number of pyridine rings is 2.